The number of hydrogen-bond acceptors (Lipinski definition) is 5. The van der Waals surface area contributed by atoms with E-state index in [1.54, 1.807) is 16.2 Å². The van der Waals surface area contributed by atoms with Gasteiger partial charge in [0.05, 0.1) is 23.4 Å². The molecule has 5 nitrogen and oxygen atoms in total. The number of rotatable bonds is 3. The van der Waals surface area contributed by atoms with Crippen molar-refractivity contribution in [2.75, 3.05) is 26.7 Å². The number of aryl methyl sites for hydroxylation is 2. The zero-order valence-corrected chi connectivity index (χ0v) is 12.7. The highest BCUT2D eigenvalue weighted by Crippen LogP contribution is 2.28. The quantitative estimate of drug-likeness (QED) is 0.907. The van der Waals surface area contributed by atoms with Crippen LogP contribution in [-0.2, 0) is 9.53 Å². The zero-order chi connectivity index (χ0) is 14.0. The zero-order valence-electron chi connectivity index (χ0n) is 11.9. The molecule has 1 aromatic heterocycles. The van der Waals surface area contributed by atoms with Crippen molar-refractivity contribution < 1.29 is 9.53 Å². The minimum atomic E-state index is -0.365. The Morgan fingerprint density at radius 3 is 2.84 bits per heavy atom. The van der Waals surface area contributed by atoms with Gasteiger partial charge in [-0.05, 0) is 20.8 Å². The summed E-state index contributed by atoms with van der Waals surface area (Å²) >= 11 is 1.65. The third-order valence-electron chi connectivity index (χ3n) is 3.45. The Hall–Kier alpha value is -0.980. The van der Waals surface area contributed by atoms with Gasteiger partial charge in [0.1, 0.15) is 6.10 Å². The van der Waals surface area contributed by atoms with Crippen LogP contribution in [0.5, 0.6) is 0 Å². The molecule has 0 aromatic carbocycles. The summed E-state index contributed by atoms with van der Waals surface area (Å²) in [5.74, 6) is 0.0325. The van der Waals surface area contributed by atoms with E-state index in [0.29, 0.717) is 13.2 Å². The molecule has 1 amide bonds. The summed E-state index contributed by atoms with van der Waals surface area (Å²) < 4.78 is 5.52. The molecule has 0 spiro atoms. The molecule has 2 rings (SSSR count). The van der Waals surface area contributed by atoms with Gasteiger partial charge in [-0.3, -0.25) is 4.79 Å². The normalized spacial score (nSPS) is 21.2. The summed E-state index contributed by atoms with van der Waals surface area (Å²) in [5, 5.41) is 4.22. The third kappa shape index (κ3) is 3.13. The standard InChI is InChI=1S/C13H21N3O2S/c1-8-12(19-10(3)15-8)9(2)16(4)13(17)11-7-14-5-6-18-11/h9,11,14H,5-7H2,1-4H3. The van der Waals surface area contributed by atoms with E-state index < -0.39 is 0 Å². The summed E-state index contributed by atoms with van der Waals surface area (Å²) in [6.45, 7) is 8.02. The fourth-order valence-electron chi connectivity index (χ4n) is 2.25. The van der Waals surface area contributed by atoms with Gasteiger partial charge in [-0.25, -0.2) is 4.98 Å². The molecular formula is C13H21N3O2S. The number of hydrogen-bond donors (Lipinski definition) is 1. The van der Waals surface area contributed by atoms with Crippen LogP contribution in [0.1, 0.15) is 28.5 Å². The van der Waals surface area contributed by atoms with E-state index in [0.717, 1.165) is 22.1 Å². The van der Waals surface area contributed by atoms with E-state index in [9.17, 15) is 4.79 Å². The second-order valence-electron chi connectivity index (χ2n) is 4.87. The first-order valence-electron chi connectivity index (χ1n) is 6.53. The van der Waals surface area contributed by atoms with Crippen molar-refractivity contribution in [3.63, 3.8) is 0 Å². The summed E-state index contributed by atoms with van der Waals surface area (Å²) in [5.41, 5.74) is 1.01. The highest BCUT2D eigenvalue weighted by molar-refractivity contribution is 7.11. The van der Waals surface area contributed by atoms with Gasteiger partial charge in [-0.1, -0.05) is 0 Å². The highest BCUT2D eigenvalue weighted by Gasteiger charge is 2.29. The molecule has 106 valence electrons. The molecule has 2 atom stereocenters. The molecule has 0 aliphatic carbocycles. The van der Waals surface area contributed by atoms with Gasteiger partial charge in [-0.2, -0.15) is 0 Å². The fourth-order valence-corrected chi connectivity index (χ4v) is 3.28. The van der Waals surface area contributed by atoms with E-state index in [4.69, 9.17) is 4.74 Å². The maximum Gasteiger partial charge on any atom is 0.253 e. The summed E-state index contributed by atoms with van der Waals surface area (Å²) in [6.07, 6.45) is -0.365. The number of likely N-dealkylation sites (N-methyl/N-ethyl adjacent to an activating group) is 1. The minimum Gasteiger partial charge on any atom is -0.366 e. The number of morpholine rings is 1. The topological polar surface area (TPSA) is 54.5 Å². The lowest BCUT2D eigenvalue weighted by Crippen LogP contribution is -2.48. The highest BCUT2D eigenvalue weighted by atomic mass is 32.1. The van der Waals surface area contributed by atoms with Crippen LogP contribution in [0, 0.1) is 13.8 Å². The van der Waals surface area contributed by atoms with Crippen molar-refractivity contribution >= 4 is 17.2 Å². The number of thiazole rings is 1. The molecule has 0 radical (unpaired) electrons. The van der Waals surface area contributed by atoms with Crippen LogP contribution in [-0.4, -0.2) is 48.6 Å². The van der Waals surface area contributed by atoms with E-state index in [-0.39, 0.29) is 18.1 Å². The molecule has 0 bridgehead atoms. The predicted octanol–water partition coefficient (Wildman–Crippen LogP) is 1.27. The number of nitrogens with zero attached hydrogens (tertiary/aromatic N) is 2. The number of aromatic nitrogens is 1. The summed E-state index contributed by atoms with van der Waals surface area (Å²) in [4.78, 5) is 19.7. The number of ether oxygens (including phenoxy) is 1. The van der Waals surface area contributed by atoms with Crippen molar-refractivity contribution in [1.82, 2.24) is 15.2 Å². The molecule has 6 heteroatoms. The first kappa shape index (κ1) is 14.4. The number of carbonyl (C=O) groups is 1. The number of amides is 1. The summed E-state index contributed by atoms with van der Waals surface area (Å²) in [6, 6.07) is 0.0317. The van der Waals surface area contributed by atoms with Gasteiger partial charge in [0.25, 0.3) is 5.91 Å². The SMILES string of the molecule is Cc1nc(C)c(C(C)N(C)C(=O)C2CNCCO2)s1. The Morgan fingerprint density at radius 2 is 2.32 bits per heavy atom. The molecule has 2 heterocycles. The summed E-state index contributed by atoms with van der Waals surface area (Å²) in [7, 11) is 1.83. The molecule has 1 aromatic rings. The van der Waals surface area contributed by atoms with Gasteiger partial charge in [0, 0.05) is 25.0 Å². The van der Waals surface area contributed by atoms with E-state index in [1.165, 1.54) is 0 Å². The second kappa shape index (κ2) is 5.98. The lowest BCUT2D eigenvalue weighted by Gasteiger charge is -2.30. The largest absolute Gasteiger partial charge is 0.366 e. The lowest BCUT2D eigenvalue weighted by atomic mass is 10.2. The Bertz CT molecular complexity index is 455. The van der Waals surface area contributed by atoms with Crippen molar-refractivity contribution in [2.45, 2.75) is 32.9 Å². The smallest absolute Gasteiger partial charge is 0.253 e. The molecule has 2 unspecified atom stereocenters. The van der Waals surface area contributed by atoms with Crippen LogP contribution in [0.15, 0.2) is 0 Å². The van der Waals surface area contributed by atoms with Crippen LogP contribution >= 0.6 is 11.3 Å². The molecule has 1 aliphatic rings. The van der Waals surface area contributed by atoms with Gasteiger partial charge in [-0.15, -0.1) is 11.3 Å². The average molecular weight is 283 g/mol. The monoisotopic (exact) mass is 283 g/mol. The van der Waals surface area contributed by atoms with Crippen molar-refractivity contribution in [3.05, 3.63) is 15.6 Å². The second-order valence-corrected chi connectivity index (χ2v) is 6.11. The van der Waals surface area contributed by atoms with Crippen molar-refractivity contribution in [2.24, 2.45) is 0 Å². The number of nitrogens with one attached hydrogen (secondary N) is 1. The molecular weight excluding hydrogens is 262 g/mol. The Balaban J connectivity index is 2.07. The minimum absolute atomic E-state index is 0.0317. The molecule has 1 N–H and O–H groups in total. The maximum atomic E-state index is 12.4. The molecule has 0 saturated carbocycles. The Kier molecular flexibility index (Phi) is 4.54. The first-order valence-corrected chi connectivity index (χ1v) is 7.35. The molecule has 19 heavy (non-hydrogen) atoms. The Labute approximate surface area is 118 Å². The number of carbonyl (C=O) groups excluding carboxylic acids is 1. The van der Waals surface area contributed by atoms with Crippen molar-refractivity contribution in [1.29, 1.82) is 0 Å². The van der Waals surface area contributed by atoms with Crippen molar-refractivity contribution in [3.8, 4) is 0 Å². The van der Waals surface area contributed by atoms with Crippen LogP contribution < -0.4 is 5.32 Å². The molecule has 1 fully saturated rings. The third-order valence-corrected chi connectivity index (χ3v) is 4.69. The predicted molar refractivity (Wildman–Crippen MR) is 75.4 cm³/mol. The van der Waals surface area contributed by atoms with Gasteiger partial charge >= 0.3 is 0 Å². The van der Waals surface area contributed by atoms with Crippen LogP contribution in [0.4, 0.5) is 0 Å². The van der Waals surface area contributed by atoms with Gasteiger partial charge in [0.15, 0.2) is 0 Å². The van der Waals surface area contributed by atoms with Crippen LogP contribution in [0.25, 0.3) is 0 Å². The van der Waals surface area contributed by atoms with Gasteiger partial charge in [0.2, 0.25) is 0 Å². The van der Waals surface area contributed by atoms with Crippen LogP contribution in [0.2, 0.25) is 0 Å². The van der Waals surface area contributed by atoms with Crippen LogP contribution in [0.3, 0.4) is 0 Å². The lowest BCUT2D eigenvalue weighted by molar-refractivity contribution is -0.145. The molecule has 1 saturated heterocycles. The first-order chi connectivity index (χ1) is 9.00. The van der Waals surface area contributed by atoms with E-state index >= 15 is 0 Å². The molecule has 1 aliphatic heterocycles. The van der Waals surface area contributed by atoms with E-state index in [2.05, 4.69) is 10.3 Å². The maximum absolute atomic E-state index is 12.4. The average Bonchev–Trinajstić information content (AvgIpc) is 2.76. The fraction of sp³-hybridized carbons (Fsp3) is 0.692. The Morgan fingerprint density at radius 1 is 1.58 bits per heavy atom. The van der Waals surface area contributed by atoms with E-state index in [1.807, 2.05) is 27.8 Å². The van der Waals surface area contributed by atoms with Gasteiger partial charge < -0.3 is 15.0 Å².